The van der Waals surface area contributed by atoms with Crippen molar-refractivity contribution in [2.24, 2.45) is 0 Å². The van der Waals surface area contributed by atoms with Gasteiger partial charge in [-0.15, -0.1) is 0 Å². The highest BCUT2D eigenvalue weighted by molar-refractivity contribution is 6.18. The molecule has 2 heterocycles. The lowest BCUT2D eigenvalue weighted by atomic mass is 10.0. The van der Waals surface area contributed by atoms with Gasteiger partial charge in [-0.25, -0.2) is 14.8 Å². The summed E-state index contributed by atoms with van der Waals surface area (Å²) in [5, 5.41) is 6.25. The number of anilines is 2. The largest absolute Gasteiger partial charge is 0.383 e. The minimum Gasteiger partial charge on any atom is -0.383 e. The quantitative estimate of drug-likeness (QED) is 0.345. The number of carbonyl (C=O) groups excluding carboxylic acids is 2. The number of amides is 2. The third-order valence-corrected chi connectivity index (χ3v) is 6.52. The van der Waals surface area contributed by atoms with Crippen molar-refractivity contribution in [2.45, 2.75) is 45.2 Å². The summed E-state index contributed by atoms with van der Waals surface area (Å²) in [5.41, 5.74) is 10.5. The zero-order valence-electron chi connectivity index (χ0n) is 19.6. The number of carbonyl (C=O) groups is 2. The molecule has 0 bridgehead atoms. The number of nitrogens with one attached hydrogen (secondary N) is 2. The van der Waals surface area contributed by atoms with E-state index in [1.807, 2.05) is 37.4 Å². The van der Waals surface area contributed by atoms with Crippen LogP contribution >= 0.6 is 0 Å². The van der Waals surface area contributed by atoms with E-state index in [0.717, 1.165) is 36.8 Å². The van der Waals surface area contributed by atoms with Crippen LogP contribution in [0.1, 0.15) is 58.8 Å². The van der Waals surface area contributed by atoms with Gasteiger partial charge in [0.2, 0.25) is 0 Å². The first-order chi connectivity index (χ1) is 17.0. The number of aryl methyl sites for hydroxylation is 1. The topological polar surface area (TPSA) is 115 Å². The molecular weight excluding hydrogens is 440 g/mol. The Labute approximate surface area is 203 Å². The summed E-state index contributed by atoms with van der Waals surface area (Å²) in [6.45, 7) is 2.42. The SMILES string of the molecule is Cc1cccc(CNC(=O)Nc2cccc(C(=O)c3cn(C4CCCC4)c4ncnc(N)c34)c2)c1. The van der Waals surface area contributed by atoms with Crippen LogP contribution in [0.5, 0.6) is 0 Å². The second-order valence-electron chi connectivity index (χ2n) is 9.05. The molecule has 0 spiro atoms. The Kier molecular flexibility index (Phi) is 6.18. The number of urea groups is 1. The van der Waals surface area contributed by atoms with E-state index in [1.165, 1.54) is 6.33 Å². The summed E-state index contributed by atoms with van der Waals surface area (Å²) in [7, 11) is 0. The van der Waals surface area contributed by atoms with E-state index in [-0.39, 0.29) is 11.8 Å². The van der Waals surface area contributed by atoms with Crippen molar-refractivity contribution in [1.29, 1.82) is 0 Å². The van der Waals surface area contributed by atoms with Gasteiger partial charge < -0.3 is 20.9 Å². The summed E-state index contributed by atoms with van der Waals surface area (Å²) in [6.07, 6.45) is 7.73. The monoisotopic (exact) mass is 468 g/mol. The molecule has 1 saturated carbocycles. The molecule has 1 fully saturated rings. The third-order valence-electron chi connectivity index (χ3n) is 6.52. The first kappa shape index (κ1) is 22.6. The number of nitrogen functional groups attached to an aromatic ring is 1. The lowest BCUT2D eigenvalue weighted by Gasteiger charge is -2.12. The van der Waals surface area contributed by atoms with Gasteiger partial charge >= 0.3 is 6.03 Å². The molecular formula is C27H28N6O2. The van der Waals surface area contributed by atoms with Gasteiger partial charge in [0.15, 0.2) is 5.78 Å². The summed E-state index contributed by atoms with van der Waals surface area (Å²) >= 11 is 0. The number of fused-ring (bicyclic) bond motifs is 1. The van der Waals surface area contributed by atoms with Crippen molar-refractivity contribution < 1.29 is 9.59 Å². The van der Waals surface area contributed by atoms with Gasteiger partial charge in [-0.3, -0.25) is 4.79 Å². The van der Waals surface area contributed by atoms with Crippen molar-refractivity contribution >= 4 is 34.4 Å². The average molecular weight is 469 g/mol. The first-order valence-electron chi connectivity index (χ1n) is 11.9. The molecule has 0 radical (unpaired) electrons. The Balaban J connectivity index is 1.37. The fourth-order valence-corrected chi connectivity index (χ4v) is 4.81. The van der Waals surface area contributed by atoms with Crippen LogP contribution in [0.3, 0.4) is 0 Å². The molecule has 0 atom stereocenters. The molecule has 8 heteroatoms. The van der Waals surface area contributed by atoms with Gasteiger partial charge in [-0.05, 0) is 37.5 Å². The molecule has 4 N–H and O–H groups in total. The number of hydrogen-bond donors (Lipinski definition) is 3. The van der Waals surface area contributed by atoms with Gasteiger partial charge in [0.05, 0.1) is 10.9 Å². The summed E-state index contributed by atoms with van der Waals surface area (Å²) in [5.74, 6) is 0.108. The van der Waals surface area contributed by atoms with Crippen LogP contribution in [0.15, 0.2) is 61.1 Å². The molecule has 1 aliphatic carbocycles. The van der Waals surface area contributed by atoms with Gasteiger partial charge in [0.1, 0.15) is 17.8 Å². The number of rotatable bonds is 6. The molecule has 2 amide bonds. The summed E-state index contributed by atoms with van der Waals surface area (Å²) in [6, 6.07) is 14.8. The van der Waals surface area contributed by atoms with Crippen LogP contribution < -0.4 is 16.4 Å². The Morgan fingerprint density at radius 3 is 2.69 bits per heavy atom. The normalized spacial score (nSPS) is 13.7. The van der Waals surface area contributed by atoms with E-state index in [4.69, 9.17) is 5.73 Å². The fraction of sp³-hybridized carbons (Fsp3) is 0.259. The molecule has 0 unspecified atom stereocenters. The highest BCUT2D eigenvalue weighted by atomic mass is 16.2. The molecule has 2 aromatic heterocycles. The van der Waals surface area contributed by atoms with Crippen molar-refractivity contribution in [3.63, 3.8) is 0 Å². The second-order valence-corrected chi connectivity index (χ2v) is 9.05. The Hall–Kier alpha value is -4.20. The van der Waals surface area contributed by atoms with E-state index < -0.39 is 0 Å². The van der Waals surface area contributed by atoms with E-state index in [1.54, 1.807) is 24.3 Å². The molecule has 4 aromatic rings. The molecule has 35 heavy (non-hydrogen) atoms. The maximum Gasteiger partial charge on any atom is 0.319 e. The molecule has 8 nitrogen and oxygen atoms in total. The molecule has 0 saturated heterocycles. The van der Waals surface area contributed by atoms with Crippen LogP contribution in [0.4, 0.5) is 16.3 Å². The lowest BCUT2D eigenvalue weighted by molar-refractivity contribution is 0.104. The summed E-state index contributed by atoms with van der Waals surface area (Å²) in [4.78, 5) is 34.6. The zero-order chi connectivity index (χ0) is 24.4. The standard InChI is InChI=1S/C27H28N6O2/c1-17-6-4-7-18(12-17)14-29-27(35)32-20-9-5-8-19(13-20)24(34)22-15-33(21-10-2-3-11-21)26-23(22)25(28)30-16-31-26/h4-9,12-13,15-16,21H,2-3,10-11,14H2,1H3,(H2,28,30,31)(H2,29,32,35). The first-order valence-corrected chi connectivity index (χ1v) is 11.9. The van der Waals surface area contributed by atoms with Crippen molar-refractivity contribution in [3.05, 3.63) is 83.3 Å². The molecule has 1 aliphatic rings. The number of aromatic nitrogens is 3. The Morgan fingerprint density at radius 1 is 1.09 bits per heavy atom. The maximum absolute atomic E-state index is 13.6. The minimum atomic E-state index is -0.341. The number of ketones is 1. The van der Waals surface area contributed by atoms with Crippen LogP contribution in [-0.4, -0.2) is 26.3 Å². The predicted octanol–water partition coefficient (Wildman–Crippen LogP) is 4.99. The molecule has 178 valence electrons. The van der Waals surface area contributed by atoms with Crippen LogP contribution in [0.25, 0.3) is 11.0 Å². The second kappa shape index (κ2) is 9.58. The lowest BCUT2D eigenvalue weighted by Crippen LogP contribution is -2.28. The Morgan fingerprint density at radius 2 is 1.89 bits per heavy atom. The minimum absolute atomic E-state index is 0.183. The van der Waals surface area contributed by atoms with E-state index in [0.29, 0.717) is 46.3 Å². The predicted molar refractivity (Wildman–Crippen MR) is 136 cm³/mol. The number of hydrogen-bond acceptors (Lipinski definition) is 5. The number of benzene rings is 2. The van der Waals surface area contributed by atoms with Gasteiger partial charge in [-0.2, -0.15) is 0 Å². The smallest absolute Gasteiger partial charge is 0.319 e. The van der Waals surface area contributed by atoms with E-state index in [2.05, 4.69) is 25.2 Å². The number of nitrogens with two attached hydrogens (primary N) is 1. The summed E-state index contributed by atoms with van der Waals surface area (Å²) < 4.78 is 2.08. The Bertz CT molecular complexity index is 1400. The average Bonchev–Trinajstić information content (AvgIpc) is 3.51. The van der Waals surface area contributed by atoms with Crippen LogP contribution in [-0.2, 0) is 6.54 Å². The zero-order valence-corrected chi connectivity index (χ0v) is 19.6. The molecule has 5 rings (SSSR count). The van der Waals surface area contributed by atoms with Gasteiger partial charge in [0.25, 0.3) is 0 Å². The number of nitrogens with zero attached hydrogens (tertiary/aromatic N) is 3. The van der Waals surface area contributed by atoms with Crippen molar-refractivity contribution in [3.8, 4) is 0 Å². The van der Waals surface area contributed by atoms with Crippen LogP contribution in [0, 0.1) is 6.92 Å². The van der Waals surface area contributed by atoms with Crippen LogP contribution in [0.2, 0.25) is 0 Å². The fourth-order valence-electron chi connectivity index (χ4n) is 4.81. The third kappa shape index (κ3) is 4.73. The van der Waals surface area contributed by atoms with Gasteiger partial charge in [0, 0.05) is 30.0 Å². The van der Waals surface area contributed by atoms with E-state index >= 15 is 0 Å². The molecule has 2 aromatic carbocycles. The van der Waals surface area contributed by atoms with E-state index in [9.17, 15) is 9.59 Å². The van der Waals surface area contributed by atoms with Crippen molar-refractivity contribution in [1.82, 2.24) is 19.9 Å². The molecule has 0 aliphatic heterocycles. The van der Waals surface area contributed by atoms with Gasteiger partial charge in [-0.1, -0.05) is 54.8 Å². The highest BCUT2D eigenvalue weighted by Gasteiger charge is 2.25. The maximum atomic E-state index is 13.6. The van der Waals surface area contributed by atoms with Crippen molar-refractivity contribution in [2.75, 3.05) is 11.1 Å². The highest BCUT2D eigenvalue weighted by Crippen LogP contribution is 2.35.